The van der Waals surface area contributed by atoms with Gasteiger partial charge in [0.15, 0.2) is 0 Å². The van der Waals surface area contributed by atoms with Crippen molar-refractivity contribution in [3.05, 3.63) is 39.4 Å². The van der Waals surface area contributed by atoms with Crippen LogP contribution in [-0.2, 0) is 6.61 Å². The first-order valence-electron chi connectivity index (χ1n) is 5.67. The number of hydrogen-bond donors (Lipinski definition) is 1. The molecule has 0 aliphatic rings. The largest absolute Gasteiger partial charge is 0.390 e. The number of aliphatic hydroxyl groups excluding tert-OH is 1. The van der Waals surface area contributed by atoms with Crippen LogP contribution in [0.5, 0.6) is 0 Å². The first-order valence-corrected chi connectivity index (χ1v) is 6.55. The van der Waals surface area contributed by atoms with Crippen LogP contribution in [0.2, 0.25) is 0 Å². The number of aromatic nitrogens is 1. The summed E-state index contributed by atoms with van der Waals surface area (Å²) in [6.07, 6.45) is 0. The second kappa shape index (κ2) is 4.59. The van der Waals surface area contributed by atoms with Crippen LogP contribution in [0, 0.1) is 27.7 Å². The van der Waals surface area contributed by atoms with E-state index in [1.807, 2.05) is 5.38 Å². The third-order valence-corrected chi connectivity index (χ3v) is 4.20. The Balaban J connectivity index is 2.65. The molecule has 0 bridgehead atoms. The third kappa shape index (κ3) is 2.13. The molecule has 2 aromatic rings. The van der Waals surface area contributed by atoms with Crippen molar-refractivity contribution in [3.63, 3.8) is 0 Å². The van der Waals surface area contributed by atoms with Crippen molar-refractivity contribution in [2.24, 2.45) is 0 Å². The van der Waals surface area contributed by atoms with E-state index in [0.29, 0.717) is 0 Å². The van der Waals surface area contributed by atoms with E-state index in [2.05, 4.69) is 38.7 Å². The van der Waals surface area contributed by atoms with Gasteiger partial charge in [-0.15, -0.1) is 11.3 Å². The van der Waals surface area contributed by atoms with E-state index in [9.17, 15) is 0 Å². The van der Waals surface area contributed by atoms with Crippen LogP contribution in [0.1, 0.15) is 27.9 Å². The average Bonchev–Trinajstić information content (AvgIpc) is 2.75. The molecular formula is C14H17NOS. The van der Waals surface area contributed by atoms with Crippen LogP contribution in [-0.4, -0.2) is 10.1 Å². The highest BCUT2D eigenvalue weighted by atomic mass is 32.1. The highest BCUT2D eigenvalue weighted by Gasteiger charge is 2.13. The first kappa shape index (κ1) is 12.3. The lowest BCUT2D eigenvalue weighted by Crippen LogP contribution is -1.95. The zero-order valence-corrected chi connectivity index (χ0v) is 11.5. The highest BCUT2D eigenvalue weighted by molar-refractivity contribution is 7.13. The zero-order chi connectivity index (χ0) is 12.6. The molecule has 0 radical (unpaired) electrons. The number of thiazole rings is 1. The standard InChI is InChI=1S/C14H17NOS/c1-8-5-9(2)11(4)13(10(8)3)14-15-12(6-16)7-17-14/h5,7,16H,6H2,1-4H3. The number of nitrogens with zero attached hydrogens (tertiary/aromatic N) is 1. The van der Waals surface area contributed by atoms with E-state index in [4.69, 9.17) is 5.11 Å². The second-order valence-corrected chi connectivity index (χ2v) is 5.30. The summed E-state index contributed by atoms with van der Waals surface area (Å²) in [6.45, 7) is 8.55. The van der Waals surface area contributed by atoms with E-state index in [0.717, 1.165) is 10.7 Å². The fraction of sp³-hybridized carbons (Fsp3) is 0.357. The predicted molar refractivity (Wildman–Crippen MR) is 72.4 cm³/mol. The van der Waals surface area contributed by atoms with Crippen molar-refractivity contribution in [2.75, 3.05) is 0 Å². The lowest BCUT2D eigenvalue weighted by atomic mass is 9.95. The zero-order valence-electron chi connectivity index (χ0n) is 10.7. The normalized spacial score (nSPS) is 10.9. The minimum absolute atomic E-state index is 0.0133. The summed E-state index contributed by atoms with van der Waals surface area (Å²) in [4.78, 5) is 4.47. The van der Waals surface area contributed by atoms with Crippen molar-refractivity contribution >= 4 is 11.3 Å². The van der Waals surface area contributed by atoms with Crippen LogP contribution in [0.3, 0.4) is 0 Å². The number of hydrogen-bond acceptors (Lipinski definition) is 3. The maximum Gasteiger partial charge on any atom is 0.124 e. The number of aliphatic hydroxyl groups is 1. The molecule has 0 aliphatic carbocycles. The lowest BCUT2D eigenvalue weighted by Gasteiger charge is -2.13. The summed E-state index contributed by atoms with van der Waals surface area (Å²) in [6, 6.07) is 2.22. The Morgan fingerprint density at radius 3 is 2.18 bits per heavy atom. The summed E-state index contributed by atoms with van der Waals surface area (Å²) in [5.74, 6) is 0. The van der Waals surface area contributed by atoms with E-state index >= 15 is 0 Å². The Bertz CT molecular complexity index is 531. The van der Waals surface area contributed by atoms with Gasteiger partial charge in [0.1, 0.15) is 5.01 Å². The molecule has 0 fully saturated rings. The SMILES string of the molecule is Cc1cc(C)c(C)c(-c2nc(CO)cs2)c1C. The molecule has 2 nitrogen and oxygen atoms in total. The number of rotatable bonds is 2. The minimum Gasteiger partial charge on any atom is -0.390 e. The lowest BCUT2D eigenvalue weighted by molar-refractivity contribution is 0.278. The van der Waals surface area contributed by atoms with Crippen LogP contribution in [0.4, 0.5) is 0 Å². The maximum absolute atomic E-state index is 9.09. The molecule has 17 heavy (non-hydrogen) atoms. The summed E-state index contributed by atoms with van der Waals surface area (Å²) >= 11 is 1.60. The molecule has 0 spiro atoms. The van der Waals surface area contributed by atoms with Crippen LogP contribution in [0.15, 0.2) is 11.4 Å². The van der Waals surface area contributed by atoms with Crippen LogP contribution >= 0.6 is 11.3 Å². The van der Waals surface area contributed by atoms with Gasteiger partial charge in [0.05, 0.1) is 12.3 Å². The molecule has 0 aliphatic heterocycles. The third-order valence-electron chi connectivity index (χ3n) is 3.29. The molecule has 0 unspecified atom stereocenters. The molecule has 1 aromatic carbocycles. The fourth-order valence-electron chi connectivity index (χ4n) is 2.03. The van der Waals surface area contributed by atoms with Crippen molar-refractivity contribution in [2.45, 2.75) is 34.3 Å². The molecule has 2 rings (SSSR count). The average molecular weight is 247 g/mol. The Morgan fingerprint density at radius 1 is 1.12 bits per heavy atom. The Morgan fingerprint density at radius 2 is 1.71 bits per heavy atom. The topological polar surface area (TPSA) is 33.1 Å². The van der Waals surface area contributed by atoms with Gasteiger partial charge in [-0.1, -0.05) is 6.07 Å². The fourth-order valence-corrected chi connectivity index (χ4v) is 3.00. The van der Waals surface area contributed by atoms with Crippen LogP contribution in [0.25, 0.3) is 10.6 Å². The maximum atomic E-state index is 9.09. The van der Waals surface area contributed by atoms with Gasteiger partial charge in [-0.2, -0.15) is 0 Å². The molecule has 0 saturated heterocycles. The summed E-state index contributed by atoms with van der Waals surface area (Å²) in [7, 11) is 0. The summed E-state index contributed by atoms with van der Waals surface area (Å²) < 4.78 is 0. The van der Waals surface area contributed by atoms with Gasteiger partial charge in [-0.05, 0) is 49.9 Å². The van der Waals surface area contributed by atoms with Gasteiger partial charge in [0, 0.05) is 10.9 Å². The molecule has 1 aromatic heterocycles. The summed E-state index contributed by atoms with van der Waals surface area (Å²) in [5, 5.41) is 12.0. The van der Waals surface area contributed by atoms with E-state index in [-0.39, 0.29) is 6.61 Å². The van der Waals surface area contributed by atoms with Gasteiger partial charge >= 0.3 is 0 Å². The Labute approximate surface area is 106 Å². The molecule has 1 N–H and O–H groups in total. The highest BCUT2D eigenvalue weighted by Crippen LogP contribution is 2.33. The van der Waals surface area contributed by atoms with Crippen molar-refractivity contribution in [3.8, 4) is 10.6 Å². The second-order valence-electron chi connectivity index (χ2n) is 4.44. The van der Waals surface area contributed by atoms with E-state index < -0.39 is 0 Å². The minimum atomic E-state index is 0.0133. The number of aryl methyl sites for hydroxylation is 2. The molecule has 90 valence electrons. The van der Waals surface area contributed by atoms with Gasteiger partial charge in [0.25, 0.3) is 0 Å². The molecule has 0 saturated carbocycles. The smallest absolute Gasteiger partial charge is 0.124 e. The van der Waals surface area contributed by atoms with Crippen molar-refractivity contribution in [1.82, 2.24) is 4.98 Å². The first-order chi connectivity index (χ1) is 8.04. The van der Waals surface area contributed by atoms with E-state index in [1.54, 1.807) is 11.3 Å². The molecular weight excluding hydrogens is 230 g/mol. The van der Waals surface area contributed by atoms with Crippen molar-refractivity contribution in [1.29, 1.82) is 0 Å². The molecule has 0 amide bonds. The van der Waals surface area contributed by atoms with Gasteiger partial charge in [0.2, 0.25) is 0 Å². The monoisotopic (exact) mass is 247 g/mol. The van der Waals surface area contributed by atoms with Gasteiger partial charge in [-0.3, -0.25) is 0 Å². The van der Waals surface area contributed by atoms with Crippen LogP contribution < -0.4 is 0 Å². The number of benzene rings is 1. The Hall–Kier alpha value is -1.19. The van der Waals surface area contributed by atoms with Crippen molar-refractivity contribution < 1.29 is 5.11 Å². The van der Waals surface area contributed by atoms with Gasteiger partial charge < -0.3 is 5.11 Å². The quantitative estimate of drug-likeness (QED) is 0.880. The predicted octanol–water partition coefficient (Wildman–Crippen LogP) is 3.54. The van der Waals surface area contributed by atoms with Gasteiger partial charge in [-0.25, -0.2) is 4.98 Å². The Kier molecular flexibility index (Phi) is 3.31. The summed E-state index contributed by atoms with van der Waals surface area (Å²) in [5.41, 5.74) is 7.14. The van der Waals surface area contributed by atoms with E-state index in [1.165, 1.54) is 27.8 Å². The molecule has 0 atom stereocenters. The molecule has 3 heteroatoms. The molecule has 1 heterocycles.